The standard InChI is InChI=1S/C23H20F6/c1-2-12-3-5-15-17(7-6-16-18(15)10-14(24)11-20(16)25)22(12)13-4-8-19(21(26)9-13)23(27,28)29/h2,4,8-12,15,17,22H,1,3,5-7H2/t12-,15-,17+,22-/m1/s1. The van der Waals surface area contributed by atoms with Gasteiger partial charge in [-0.25, -0.2) is 13.2 Å². The Morgan fingerprint density at radius 1 is 0.931 bits per heavy atom. The molecule has 4 atom stereocenters. The molecule has 0 aromatic heterocycles. The van der Waals surface area contributed by atoms with E-state index in [2.05, 4.69) is 6.58 Å². The monoisotopic (exact) mass is 410 g/mol. The summed E-state index contributed by atoms with van der Waals surface area (Å²) in [5.74, 6) is -2.93. The number of benzene rings is 2. The van der Waals surface area contributed by atoms with E-state index in [4.69, 9.17) is 0 Å². The zero-order valence-electron chi connectivity index (χ0n) is 15.6. The van der Waals surface area contributed by atoms with Gasteiger partial charge in [-0.2, -0.15) is 13.2 Å². The molecule has 0 aliphatic heterocycles. The van der Waals surface area contributed by atoms with Crippen molar-refractivity contribution in [2.24, 2.45) is 11.8 Å². The molecule has 29 heavy (non-hydrogen) atoms. The molecule has 2 aromatic rings. The summed E-state index contributed by atoms with van der Waals surface area (Å²) in [6.45, 7) is 3.86. The number of hydrogen-bond acceptors (Lipinski definition) is 0. The highest BCUT2D eigenvalue weighted by atomic mass is 19.4. The molecule has 2 aromatic carbocycles. The third-order valence-electron chi connectivity index (χ3n) is 6.56. The van der Waals surface area contributed by atoms with E-state index < -0.39 is 29.2 Å². The zero-order chi connectivity index (χ0) is 20.9. The number of fused-ring (bicyclic) bond motifs is 3. The van der Waals surface area contributed by atoms with Crippen molar-refractivity contribution in [1.82, 2.24) is 0 Å². The van der Waals surface area contributed by atoms with Gasteiger partial charge in [0.1, 0.15) is 17.5 Å². The van der Waals surface area contributed by atoms with Crippen LogP contribution in [0, 0.1) is 29.3 Å². The Balaban J connectivity index is 1.76. The van der Waals surface area contributed by atoms with Crippen molar-refractivity contribution in [3.63, 3.8) is 0 Å². The van der Waals surface area contributed by atoms with Crippen molar-refractivity contribution < 1.29 is 26.3 Å². The van der Waals surface area contributed by atoms with E-state index in [0.717, 1.165) is 18.2 Å². The number of halogens is 6. The van der Waals surface area contributed by atoms with Crippen molar-refractivity contribution in [2.45, 2.75) is 43.7 Å². The van der Waals surface area contributed by atoms with Gasteiger partial charge in [0, 0.05) is 6.07 Å². The van der Waals surface area contributed by atoms with Crippen LogP contribution in [-0.2, 0) is 12.6 Å². The van der Waals surface area contributed by atoms with Crippen LogP contribution in [0.4, 0.5) is 26.3 Å². The van der Waals surface area contributed by atoms with E-state index in [1.165, 1.54) is 12.1 Å². The normalized spacial score (nSPS) is 26.6. The summed E-state index contributed by atoms with van der Waals surface area (Å²) >= 11 is 0. The van der Waals surface area contributed by atoms with Gasteiger partial charge in [0.15, 0.2) is 0 Å². The van der Waals surface area contributed by atoms with E-state index in [-0.39, 0.29) is 23.7 Å². The fraction of sp³-hybridized carbons (Fsp3) is 0.391. The predicted molar refractivity (Wildman–Crippen MR) is 98.0 cm³/mol. The topological polar surface area (TPSA) is 0 Å². The van der Waals surface area contributed by atoms with Crippen molar-refractivity contribution >= 4 is 0 Å². The van der Waals surface area contributed by atoms with Gasteiger partial charge in [0.2, 0.25) is 0 Å². The molecule has 0 radical (unpaired) electrons. The minimum atomic E-state index is -4.76. The second-order valence-corrected chi connectivity index (χ2v) is 8.00. The van der Waals surface area contributed by atoms with E-state index in [1.54, 1.807) is 6.08 Å². The fourth-order valence-corrected chi connectivity index (χ4v) is 5.36. The van der Waals surface area contributed by atoms with Gasteiger partial charge in [0.25, 0.3) is 0 Å². The molecule has 2 aliphatic rings. The Hall–Kier alpha value is -2.24. The largest absolute Gasteiger partial charge is 0.419 e. The number of allylic oxidation sites excluding steroid dienone is 1. The second kappa shape index (κ2) is 7.22. The molecular weight excluding hydrogens is 390 g/mol. The molecule has 0 unspecified atom stereocenters. The quantitative estimate of drug-likeness (QED) is 0.364. The van der Waals surface area contributed by atoms with Gasteiger partial charge in [-0.3, -0.25) is 0 Å². The minimum absolute atomic E-state index is 0.0349. The molecule has 0 bridgehead atoms. The molecule has 0 spiro atoms. The molecule has 1 fully saturated rings. The van der Waals surface area contributed by atoms with Crippen LogP contribution in [0.25, 0.3) is 0 Å². The van der Waals surface area contributed by atoms with Crippen molar-refractivity contribution in [1.29, 1.82) is 0 Å². The molecule has 154 valence electrons. The number of alkyl halides is 3. The van der Waals surface area contributed by atoms with Crippen LogP contribution in [0.2, 0.25) is 0 Å². The van der Waals surface area contributed by atoms with Crippen molar-refractivity contribution in [3.8, 4) is 0 Å². The molecule has 0 heterocycles. The van der Waals surface area contributed by atoms with Gasteiger partial charge in [-0.1, -0.05) is 12.1 Å². The fourth-order valence-electron chi connectivity index (χ4n) is 5.36. The Morgan fingerprint density at radius 3 is 2.34 bits per heavy atom. The lowest BCUT2D eigenvalue weighted by molar-refractivity contribution is -0.140. The lowest BCUT2D eigenvalue weighted by atomic mass is 9.58. The van der Waals surface area contributed by atoms with E-state index >= 15 is 0 Å². The Bertz CT molecular complexity index is 945. The molecule has 0 N–H and O–H groups in total. The maximum absolute atomic E-state index is 14.3. The Kier molecular flexibility index (Phi) is 4.99. The maximum atomic E-state index is 14.3. The highest BCUT2D eigenvalue weighted by Crippen LogP contribution is 2.54. The first kappa shape index (κ1) is 20.0. The summed E-state index contributed by atoms with van der Waals surface area (Å²) in [6, 6.07) is 5.33. The predicted octanol–water partition coefficient (Wildman–Crippen LogP) is 7.15. The van der Waals surface area contributed by atoms with Gasteiger partial charge >= 0.3 is 6.18 Å². The van der Waals surface area contributed by atoms with Gasteiger partial charge in [-0.05, 0) is 84.2 Å². The summed E-state index contributed by atoms with van der Waals surface area (Å²) in [7, 11) is 0. The summed E-state index contributed by atoms with van der Waals surface area (Å²) in [6.07, 6.45) is -0.580. The molecule has 2 aliphatic carbocycles. The molecule has 0 amide bonds. The molecule has 0 nitrogen and oxygen atoms in total. The smallest absolute Gasteiger partial charge is 0.207 e. The lowest BCUT2D eigenvalue weighted by Crippen LogP contribution is -2.35. The number of rotatable bonds is 2. The molecule has 4 rings (SSSR count). The van der Waals surface area contributed by atoms with Crippen LogP contribution in [0.5, 0.6) is 0 Å². The van der Waals surface area contributed by atoms with Crippen molar-refractivity contribution in [2.75, 3.05) is 0 Å². The summed E-state index contributed by atoms with van der Waals surface area (Å²) in [4.78, 5) is 0. The van der Waals surface area contributed by atoms with Crippen LogP contribution in [0.3, 0.4) is 0 Å². The summed E-state index contributed by atoms with van der Waals surface area (Å²) in [5.41, 5.74) is 0.345. The zero-order valence-corrected chi connectivity index (χ0v) is 15.6. The van der Waals surface area contributed by atoms with E-state index in [9.17, 15) is 26.3 Å². The second-order valence-electron chi connectivity index (χ2n) is 8.00. The summed E-state index contributed by atoms with van der Waals surface area (Å²) < 4.78 is 81.2. The molecule has 1 saturated carbocycles. The lowest BCUT2D eigenvalue weighted by Gasteiger charge is -2.46. The highest BCUT2D eigenvalue weighted by Gasteiger charge is 2.43. The Morgan fingerprint density at radius 2 is 1.69 bits per heavy atom. The third kappa shape index (κ3) is 3.47. The SMILES string of the molecule is C=C[C@@H]1CC[C@H]2c3cc(F)cc(F)c3CC[C@@H]2[C@H]1c1ccc(C(F)(F)F)c(F)c1. The average Bonchev–Trinajstić information content (AvgIpc) is 2.65. The maximum Gasteiger partial charge on any atom is 0.419 e. The van der Waals surface area contributed by atoms with Crippen LogP contribution in [-0.4, -0.2) is 0 Å². The number of hydrogen-bond donors (Lipinski definition) is 0. The van der Waals surface area contributed by atoms with Gasteiger partial charge < -0.3 is 0 Å². The molecular formula is C23H20F6. The van der Waals surface area contributed by atoms with Crippen molar-refractivity contribution in [3.05, 3.63) is 82.7 Å². The molecule has 0 saturated heterocycles. The first-order chi connectivity index (χ1) is 13.7. The minimum Gasteiger partial charge on any atom is -0.207 e. The highest BCUT2D eigenvalue weighted by molar-refractivity contribution is 5.39. The van der Waals surface area contributed by atoms with Gasteiger partial charge in [-0.15, -0.1) is 6.58 Å². The van der Waals surface area contributed by atoms with Crippen LogP contribution in [0.1, 0.15) is 53.4 Å². The third-order valence-corrected chi connectivity index (χ3v) is 6.56. The Labute approximate surface area is 165 Å². The van der Waals surface area contributed by atoms with Gasteiger partial charge in [0.05, 0.1) is 5.56 Å². The molecule has 6 heteroatoms. The average molecular weight is 410 g/mol. The first-order valence-corrected chi connectivity index (χ1v) is 9.67. The van der Waals surface area contributed by atoms with Crippen LogP contribution < -0.4 is 0 Å². The van der Waals surface area contributed by atoms with E-state index in [0.29, 0.717) is 42.4 Å². The summed E-state index contributed by atoms with van der Waals surface area (Å²) in [5, 5.41) is 0. The van der Waals surface area contributed by atoms with Crippen LogP contribution in [0.15, 0.2) is 43.0 Å². The van der Waals surface area contributed by atoms with Crippen LogP contribution >= 0.6 is 0 Å². The van der Waals surface area contributed by atoms with E-state index in [1.807, 2.05) is 0 Å². The first-order valence-electron chi connectivity index (χ1n) is 9.67.